The summed E-state index contributed by atoms with van der Waals surface area (Å²) >= 11 is 0. The lowest BCUT2D eigenvalue weighted by molar-refractivity contribution is 0.289. The zero-order chi connectivity index (χ0) is 34.6. The minimum Gasteiger partial charge on any atom is -0.395 e. The number of hydrogen-bond acceptors (Lipinski definition) is 6. The van der Waals surface area contributed by atoms with Crippen LogP contribution in [0.15, 0.2) is 146 Å². The largest absolute Gasteiger partial charge is 0.584 e. The fourth-order valence-corrected chi connectivity index (χ4v) is 5.73. The van der Waals surface area contributed by atoms with E-state index in [1.807, 2.05) is 27.7 Å². The van der Waals surface area contributed by atoms with Gasteiger partial charge < -0.3 is 18.1 Å². The van der Waals surface area contributed by atoms with Gasteiger partial charge in [-0.3, -0.25) is 9.79 Å². The molecule has 0 radical (unpaired) electrons. The zero-order valence-electron chi connectivity index (χ0n) is 27.1. The van der Waals surface area contributed by atoms with Gasteiger partial charge >= 0.3 is 15.6 Å². The molecule has 0 saturated carbocycles. The topological polar surface area (TPSA) is 112 Å². The summed E-state index contributed by atoms with van der Waals surface area (Å²) in [5, 5.41) is 2.62. The van der Waals surface area contributed by atoms with Gasteiger partial charge in [0.15, 0.2) is 0 Å². The third-order valence-corrected chi connectivity index (χ3v) is 8.39. The Morgan fingerprint density at radius 1 is 0.354 bits per heavy atom. The molecular weight excluding hydrogens is 646 g/mol. The molecule has 0 bridgehead atoms. The molecule has 6 aromatic carbocycles. The number of rotatable bonds is 8. The summed E-state index contributed by atoms with van der Waals surface area (Å²) in [5.41, 5.74) is 4.17. The SMILES string of the molecule is Cc1ccc(OP(=O)(O)Oc2ccc(C)cc2)cc1.Cc1ccc(OP(=O)(O)Oc2ccc(C)cc2)cc1.c1ccc2ccccc2c1. The Bertz CT molecular complexity index is 1700. The van der Waals surface area contributed by atoms with E-state index >= 15 is 0 Å². The van der Waals surface area contributed by atoms with Crippen LogP contribution in [-0.4, -0.2) is 9.79 Å². The number of phosphoric ester groups is 2. The van der Waals surface area contributed by atoms with Crippen molar-refractivity contribution in [3.63, 3.8) is 0 Å². The van der Waals surface area contributed by atoms with E-state index < -0.39 is 15.6 Å². The van der Waals surface area contributed by atoms with Crippen LogP contribution in [0.4, 0.5) is 0 Å². The Balaban J connectivity index is 0.000000170. The molecule has 0 unspecified atom stereocenters. The highest BCUT2D eigenvalue weighted by Gasteiger charge is 2.25. The van der Waals surface area contributed by atoms with Crippen LogP contribution in [-0.2, 0) is 9.13 Å². The van der Waals surface area contributed by atoms with Gasteiger partial charge in [-0.2, -0.15) is 0 Å². The zero-order valence-corrected chi connectivity index (χ0v) is 28.9. The van der Waals surface area contributed by atoms with Crippen molar-refractivity contribution in [2.75, 3.05) is 0 Å². The van der Waals surface area contributed by atoms with Crippen LogP contribution in [0.5, 0.6) is 23.0 Å². The first-order valence-electron chi connectivity index (χ1n) is 15.0. The Kier molecular flexibility index (Phi) is 12.6. The van der Waals surface area contributed by atoms with Gasteiger partial charge in [-0.15, -0.1) is 0 Å². The van der Waals surface area contributed by atoms with E-state index in [1.165, 1.54) is 10.8 Å². The highest BCUT2D eigenvalue weighted by atomic mass is 31.2. The molecule has 0 heterocycles. The molecule has 48 heavy (non-hydrogen) atoms. The van der Waals surface area contributed by atoms with Crippen LogP contribution in [0.2, 0.25) is 0 Å². The minimum atomic E-state index is -4.17. The monoisotopic (exact) mass is 684 g/mol. The second-order valence-electron chi connectivity index (χ2n) is 10.9. The van der Waals surface area contributed by atoms with E-state index in [1.54, 1.807) is 97.1 Å². The third kappa shape index (κ3) is 12.4. The van der Waals surface area contributed by atoms with Crippen LogP contribution < -0.4 is 18.1 Å². The smallest absolute Gasteiger partial charge is 0.395 e. The van der Waals surface area contributed by atoms with Crippen LogP contribution in [0.1, 0.15) is 22.3 Å². The molecule has 6 aromatic rings. The minimum absolute atomic E-state index is 0.295. The molecule has 10 heteroatoms. The van der Waals surface area contributed by atoms with E-state index in [0.29, 0.717) is 23.0 Å². The van der Waals surface area contributed by atoms with Crippen molar-refractivity contribution in [1.82, 2.24) is 0 Å². The fourth-order valence-electron chi connectivity index (χ4n) is 4.10. The number of phosphoric acid groups is 2. The highest BCUT2D eigenvalue weighted by molar-refractivity contribution is 7.48. The van der Waals surface area contributed by atoms with Crippen molar-refractivity contribution in [3.8, 4) is 23.0 Å². The molecule has 0 spiro atoms. The summed E-state index contributed by atoms with van der Waals surface area (Å²) in [5.74, 6) is 1.18. The molecule has 0 amide bonds. The second-order valence-corrected chi connectivity index (χ2v) is 13.5. The van der Waals surface area contributed by atoms with Gasteiger partial charge in [-0.05, 0) is 87.0 Å². The second kappa shape index (κ2) is 16.8. The first kappa shape index (κ1) is 36.0. The van der Waals surface area contributed by atoms with Gasteiger partial charge in [0, 0.05) is 0 Å². The number of benzene rings is 6. The molecule has 0 aliphatic carbocycles. The lowest BCUT2D eigenvalue weighted by atomic mass is 10.1. The van der Waals surface area contributed by atoms with E-state index in [4.69, 9.17) is 18.1 Å². The summed E-state index contributed by atoms with van der Waals surface area (Å²) in [4.78, 5) is 19.3. The lowest BCUT2D eigenvalue weighted by Gasteiger charge is -2.14. The van der Waals surface area contributed by atoms with Crippen molar-refractivity contribution in [2.24, 2.45) is 0 Å². The summed E-state index contributed by atoms with van der Waals surface area (Å²) < 4.78 is 43.6. The Morgan fingerprint density at radius 2 is 0.542 bits per heavy atom. The predicted octanol–water partition coefficient (Wildman–Crippen LogP) is 10.6. The summed E-state index contributed by atoms with van der Waals surface area (Å²) in [6, 6.07) is 44.0. The van der Waals surface area contributed by atoms with Crippen LogP contribution in [0.3, 0.4) is 0 Å². The van der Waals surface area contributed by atoms with E-state index in [-0.39, 0.29) is 0 Å². The van der Waals surface area contributed by atoms with Crippen molar-refractivity contribution < 1.29 is 37.0 Å². The maximum absolute atomic E-state index is 11.8. The molecule has 0 aliphatic heterocycles. The van der Waals surface area contributed by atoms with Crippen LogP contribution in [0, 0.1) is 27.7 Å². The summed E-state index contributed by atoms with van der Waals surface area (Å²) in [7, 11) is -8.33. The van der Waals surface area contributed by atoms with Gasteiger partial charge in [0.2, 0.25) is 0 Å². The average molecular weight is 685 g/mol. The first-order chi connectivity index (χ1) is 22.9. The molecule has 2 N–H and O–H groups in total. The highest BCUT2D eigenvalue weighted by Crippen LogP contribution is 2.45. The molecule has 6 rings (SSSR count). The third-order valence-electron chi connectivity index (χ3n) is 6.63. The molecule has 0 fully saturated rings. The van der Waals surface area contributed by atoms with Crippen LogP contribution in [0.25, 0.3) is 10.8 Å². The van der Waals surface area contributed by atoms with Crippen molar-refractivity contribution in [1.29, 1.82) is 0 Å². The van der Waals surface area contributed by atoms with Gasteiger partial charge in [0.25, 0.3) is 0 Å². The molecule has 0 aliphatic rings. The molecular formula is C38H38O8P2. The Labute approximate surface area is 281 Å². The predicted molar refractivity (Wildman–Crippen MR) is 191 cm³/mol. The number of hydrogen-bond donors (Lipinski definition) is 2. The molecule has 8 nitrogen and oxygen atoms in total. The lowest BCUT2D eigenvalue weighted by Crippen LogP contribution is -1.99. The molecule has 0 saturated heterocycles. The van der Waals surface area contributed by atoms with E-state index in [2.05, 4.69) is 48.5 Å². The molecule has 248 valence electrons. The van der Waals surface area contributed by atoms with Gasteiger partial charge in [0.1, 0.15) is 23.0 Å². The first-order valence-corrected chi connectivity index (χ1v) is 18.0. The maximum Gasteiger partial charge on any atom is 0.584 e. The van der Waals surface area contributed by atoms with E-state index in [9.17, 15) is 18.9 Å². The number of aryl methyl sites for hydroxylation is 4. The normalized spacial score (nSPS) is 10.9. The standard InChI is InChI=1S/2C14H15O4P.C10H8/c2*1-11-3-7-13(8-4-11)17-19(15,16)18-14-9-5-12(2)6-10-14;1-2-6-10-8-4-3-7-9(10)5-1/h2*3-10H,1-2H3,(H,15,16);1-8H. The van der Waals surface area contributed by atoms with Crippen molar-refractivity contribution >= 4 is 26.4 Å². The van der Waals surface area contributed by atoms with Crippen molar-refractivity contribution in [2.45, 2.75) is 27.7 Å². The Morgan fingerprint density at radius 3 is 0.729 bits per heavy atom. The van der Waals surface area contributed by atoms with Gasteiger partial charge in [-0.25, -0.2) is 9.13 Å². The summed E-state index contributed by atoms with van der Waals surface area (Å²) in [6.07, 6.45) is 0. The molecule has 0 aromatic heterocycles. The summed E-state index contributed by atoms with van der Waals surface area (Å²) in [6.45, 7) is 7.69. The number of fused-ring (bicyclic) bond motifs is 1. The van der Waals surface area contributed by atoms with E-state index in [0.717, 1.165) is 22.3 Å². The quantitative estimate of drug-likeness (QED) is 0.152. The Hall–Kier alpha value is -4.84. The fraction of sp³-hybridized carbons (Fsp3) is 0.105. The van der Waals surface area contributed by atoms with Gasteiger partial charge in [-0.1, -0.05) is 119 Å². The van der Waals surface area contributed by atoms with Crippen molar-refractivity contribution in [3.05, 3.63) is 168 Å². The average Bonchev–Trinajstić information content (AvgIpc) is 3.06. The maximum atomic E-state index is 11.8. The van der Waals surface area contributed by atoms with Gasteiger partial charge in [0.05, 0.1) is 0 Å². The molecule has 0 atom stereocenters. The van der Waals surface area contributed by atoms with Crippen LogP contribution >= 0.6 is 15.6 Å².